The molecule has 7 rings (SSSR count). The highest BCUT2D eigenvalue weighted by molar-refractivity contribution is 6.01. The van der Waals surface area contributed by atoms with E-state index in [-0.39, 0.29) is 37.1 Å². The normalized spacial score (nSPS) is 24.7. The molecule has 312 valence electrons. The number of hydrogen-bond acceptors (Lipinski definition) is 14. The van der Waals surface area contributed by atoms with Gasteiger partial charge >= 0.3 is 12.2 Å². The van der Waals surface area contributed by atoms with E-state index in [1.165, 1.54) is 13.8 Å². The molecule has 1 saturated heterocycles. The number of imide groups is 1. The van der Waals surface area contributed by atoms with Crippen molar-refractivity contribution in [2.24, 2.45) is 41.4 Å². The first-order chi connectivity index (χ1) is 28.0. The molecule has 0 spiro atoms. The molecule has 4 aliphatic carbocycles. The Kier molecular flexibility index (Phi) is 16.4. The topological polar surface area (TPSA) is 253 Å². The zero-order chi connectivity index (χ0) is 41.4. The number of carbonyl (C=O) groups is 6. The fraction of sp³-hybridized carbons (Fsp3) is 0.600. The molecule has 2 aromatic heterocycles. The Morgan fingerprint density at radius 2 is 1.21 bits per heavy atom. The van der Waals surface area contributed by atoms with E-state index in [1.807, 2.05) is 0 Å². The van der Waals surface area contributed by atoms with Gasteiger partial charge in [-0.1, -0.05) is 5.06 Å². The van der Waals surface area contributed by atoms with Crippen LogP contribution in [0.2, 0.25) is 0 Å². The number of aromatic nitrogens is 4. The van der Waals surface area contributed by atoms with E-state index in [2.05, 4.69) is 64.7 Å². The largest absolute Gasteiger partial charge is 0.533 e. The van der Waals surface area contributed by atoms with Gasteiger partial charge in [0.05, 0.1) is 38.0 Å². The molecule has 58 heavy (non-hydrogen) atoms. The Hall–Kier alpha value is -5.56. The number of hydroxylamine groups is 2. The number of carbonyl (C=O) groups excluding carboxylic acids is 6. The molecule has 7 N–H and O–H groups in total. The van der Waals surface area contributed by atoms with Crippen molar-refractivity contribution in [2.75, 3.05) is 13.2 Å². The molecule has 3 amide bonds. The van der Waals surface area contributed by atoms with Gasteiger partial charge in [0.25, 0.3) is 11.8 Å². The number of H-pyrrole nitrogens is 2. The molecule has 0 aromatic carbocycles. The first-order valence-corrected chi connectivity index (χ1v) is 19.8. The van der Waals surface area contributed by atoms with Gasteiger partial charge in [0, 0.05) is 75.1 Å². The first kappa shape index (κ1) is 43.6. The number of imidazole rings is 2. The van der Waals surface area contributed by atoms with Gasteiger partial charge in [-0.25, -0.2) is 30.4 Å². The lowest BCUT2D eigenvalue weighted by molar-refractivity contribution is -0.177. The number of ketones is 2. The second-order valence-electron chi connectivity index (χ2n) is 15.0. The maximum absolute atomic E-state index is 11.9. The van der Waals surface area contributed by atoms with Crippen molar-refractivity contribution in [2.45, 2.75) is 103 Å². The number of aromatic amines is 2. The fourth-order valence-corrected chi connectivity index (χ4v) is 7.69. The standard InChI is InChI=1S/C18H24N4O3.C15H17NO5.C7H12N4O/c1-12(23)17(8-13-9-19-11-20-13)21-22-18(24)25-10-16-14-6-4-2-3-5-7-15(14)16;17-13-7-8-14(18)16(13)21-15(19)20-9-12-10-5-3-1-2-4-6-11(10)12;1-5(12)7(11-8)2-6-3-9-4-10-6/h9,11,14-17,21H,4-8,10H2,1H3,(H,19,20)(H,22,24);10-12H,3-9H2;3-4,7,11H,2,8H2,1H3,(H,9,10)/t14-,15+,16?,17-;10-,11+,12?;7-/m0.0/s1. The second-order valence-corrected chi connectivity index (χ2v) is 15.0. The monoisotopic (exact) mass is 803 g/mol. The maximum atomic E-state index is 11.9. The van der Waals surface area contributed by atoms with E-state index in [1.54, 1.807) is 25.0 Å². The van der Waals surface area contributed by atoms with Crippen molar-refractivity contribution >= 4 is 35.6 Å². The van der Waals surface area contributed by atoms with Crippen LogP contribution < -0.4 is 22.1 Å². The predicted octanol–water partition coefficient (Wildman–Crippen LogP) is 2.60. The molecule has 0 radical (unpaired) electrons. The zero-order valence-corrected chi connectivity index (χ0v) is 32.9. The van der Waals surface area contributed by atoms with Gasteiger partial charge in [-0.05, 0) is 75.0 Å². The third-order valence-corrected chi connectivity index (χ3v) is 11.1. The third kappa shape index (κ3) is 13.3. The summed E-state index contributed by atoms with van der Waals surface area (Å²) < 4.78 is 10.4. The molecule has 3 heterocycles. The van der Waals surface area contributed by atoms with Crippen LogP contribution >= 0.6 is 0 Å². The predicted molar refractivity (Wildman–Crippen MR) is 205 cm³/mol. The number of amides is 3. The van der Waals surface area contributed by atoms with Crippen molar-refractivity contribution in [3.63, 3.8) is 0 Å². The van der Waals surface area contributed by atoms with Crippen LogP contribution in [0.3, 0.4) is 0 Å². The average molecular weight is 804 g/mol. The number of Topliss-reactive ketones (excluding diaryl/α,β-unsaturated/α-hetero) is 2. The minimum Gasteiger partial charge on any atom is -0.448 e. The van der Waals surface area contributed by atoms with Gasteiger partial charge in [0.15, 0.2) is 0 Å². The number of nitrogens with zero attached hydrogens (tertiary/aromatic N) is 3. The summed E-state index contributed by atoms with van der Waals surface area (Å²) in [6.07, 6.45) is 14.0. The lowest BCUT2D eigenvalue weighted by Crippen LogP contribution is -2.48. The quantitative estimate of drug-likeness (QED) is 0.0528. The molecule has 2 unspecified atom stereocenters. The molecular weight excluding hydrogens is 750 g/mol. The van der Waals surface area contributed by atoms with Crippen molar-refractivity contribution in [3.05, 3.63) is 36.4 Å². The molecule has 2 aromatic rings. The number of nitrogens with two attached hydrogens (primary N) is 1. The number of ether oxygens (including phenoxy) is 2. The summed E-state index contributed by atoms with van der Waals surface area (Å²) in [6, 6.07) is -0.855. The van der Waals surface area contributed by atoms with Crippen LogP contribution in [0.25, 0.3) is 0 Å². The number of hydrazine groups is 2. The molecule has 5 aliphatic rings. The summed E-state index contributed by atoms with van der Waals surface area (Å²) in [6.45, 7) is 3.68. The Bertz CT molecular complexity index is 1790. The summed E-state index contributed by atoms with van der Waals surface area (Å²) in [5, 5.41) is 0.506. The van der Waals surface area contributed by atoms with E-state index in [0.717, 1.165) is 62.8 Å². The van der Waals surface area contributed by atoms with Crippen molar-refractivity contribution < 1.29 is 43.1 Å². The molecule has 18 nitrogen and oxygen atoms in total. The van der Waals surface area contributed by atoms with E-state index < -0.39 is 30.1 Å². The maximum Gasteiger partial charge on any atom is 0.533 e. The second kappa shape index (κ2) is 21.8. The van der Waals surface area contributed by atoms with Crippen LogP contribution in [0.5, 0.6) is 0 Å². The Morgan fingerprint density at radius 3 is 1.62 bits per heavy atom. The van der Waals surface area contributed by atoms with Crippen LogP contribution in [0.15, 0.2) is 25.0 Å². The SMILES string of the molecule is CC(=O)[C@H](Cc1cnc[nH]1)NN.CC(=O)[C@H](Cc1cnc[nH]1)NNC(=O)OCC1[C@H]2CCC#CCC[C@@H]12.O=C(OCC1[C@H]2CCC#CCC[C@@H]12)ON1C(=O)CCC1=O. The Balaban J connectivity index is 0.000000176. The zero-order valence-electron chi connectivity index (χ0n) is 32.9. The first-order valence-electron chi connectivity index (χ1n) is 19.8. The third-order valence-electron chi connectivity index (χ3n) is 11.1. The fourth-order valence-electron chi connectivity index (χ4n) is 7.69. The molecule has 8 atom stereocenters. The summed E-state index contributed by atoms with van der Waals surface area (Å²) >= 11 is 0. The van der Waals surface area contributed by atoms with E-state index in [9.17, 15) is 28.8 Å². The van der Waals surface area contributed by atoms with Crippen LogP contribution in [-0.2, 0) is 46.3 Å². The van der Waals surface area contributed by atoms with E-state index in [0.29, 0.717) is 60.0 Å². The summed E-state index contributed by atoms with van der Waals surface area (Å²) in [4.78, 5) is 86.9. The van der Waals surface area contributed by atoms with Crippen molar-refractivity contribution in [1.29, 1.82) is 0 Å². The molecule has 18 heteroatoms. The van der Waals surface area contributed by atoms with Gasteiger partial charge in [-0.2, -0.15) is 0 Å². The molecular formula is C40H53N9O9. The van der Waals surface area contributed by atoms with E-state index in [4.69, 9.17) is 15.3 Å². The highest BCUT2D eigenvalue weighted by Crippen LogP contribution is 2.53. The van der Waals surface area contributed by atoms with Gasteiger partial charge in [0.2, 0.25) is 0 Å². The van der Waals surface area contributed by atoms with Crippen molar-refractivity contribution in [3.8, 4) is 23.7 Å². The van der Waals surface area contributed by atoms with Crippen LogP contribution in [-0.4, -0.2) is 85.9 Å². The Morgan fingerprint density at radius 1 is 0.759 bits per heavy atom. The smallest absolute Gasteiger partial charge is 0.448 e. The minimum atomic E-state index is -0.978. The number of fused-ring (bicyclic) bond motifs is 2. The van der Waals surface area contributed by atoms with Crippen LogP contribution in [0.1, 0.15) is 89.4 Å². The molecule has 1 aliphatic heterocycles. The summed E-state index contributed by atoms with van der Waals surface area (Å²) in [5.41, 5.74) is 9.37. The number of rotatable bonds is 14. The lowest BCUT2D eigenvalue weighted by Gasteiger charge is -2.15. The van der Waals surface area contributed by atoms with Gasteiger partial charge in [0.1, 0.15) is 11.6 Å². The van der Waals surface area contributed by atoms with Crippen LogP contribution in [0, 0.1) is 59.2 Å². The minimum absolute atomic E-state index is 0.0205. The molecule has 2 saturated carbocycles. The van der Waals surface area contributed by atoms with Crippen molar-refractivity contribution in [1.82, 2.24) is 41.3 Å². The van der Waals surface area contributed by atoms with Gasteiger partial charge < -0.3 is 19.4 Å². The van der Waals surface area contributed by atoms with Crippen LogP contribution in [0.4, 0.5) is 9.59 Å². The highest BCUT2D eigenvalue weighted by atomic mass is 16.8. The average Bonchev–Trinajstić information content (AvgIpc) is 3.62. The number of nitrogens with one attached hydrogen (secondary N) is 5. The summed E-state index contributed by atoms with van der Waals surface area (Å²) in [7, 11) is 0. The number of hydrogen-bond donors (Lipinski definition) is 6. The molecule has 0 bridgehead atoms. The Labute approximate surface area is 337 Å². The van der Waals surface area contributed by atoms with E-state index >= 15 is 0 Å². The lowest BCUT2D eigenvalue weighted by atomic mass is 10.1. The summed E-state index contributed by atoms with van der Waals surface area (Å²) in [5.74, 6) is 19.9. The van der Waals surface area contributed by atoms with Gasteiger partial charge in [-0.3, -0.25) is 35.3 Å². The highest BCUT2D eigenvalue weighted by Gasteiger charge is 2.50. The van der Waals surface area contributed by atoms with Gasteiger partial charge in [-0.15, -0.1) is 23.7 Å². The molecule has 3 fully saturated rings.